The number of ether oxygens (including phenoxy) is 2. The van der Waals surface area contributed by atoms with Gasteiger partial charge in [-0.15, -0.1) is 0 Å². The number of amides is 1. The Morgan fingerprint density at radius 3 is 2.70 bits per heavy atom. The highest BCUT2D eigenvalue weighted by Crippen LogP contribution is 2.20. The largest absolute Gasteiger partial charge is 0.463 e. The fourth-order valence-corrected chi connectivity index (χ4v) is 1.82. The first-order valence-electron chi connectivity index (χ1n) is 5.57. The number of fused-ring (bicyclic) bond motifs is 1. The number of nitrogens with zero attached hydrogens (tertiary/aromatic N) is 2. The summed E-state index contributed by atoms with van der Waals surface area (Å²) < 4.78 is 10.6. The van der Waals surface area contributed by atoms with Crippen molar-refractivity contribution in [3.05, 3.63) is 29.5 Å². The molecule has 0 radical (unpaired) electrons. The highest BCUT2D eigenvalue weighted by Gasteiger charge is 2.15. The maximum absolute atomic E-state index is 11.3. The lowest BCUT2D eigenvalue weighted by molar-refractivity contribution is -0.132. The highest BCUT2D eigenvalue weighted by molar-refractivity contribution is 6.04. The van der Waals surface area contributed by atoms with Gasteiger partial charge in [-0.2, -0.15) is 5.10 Å². The van der Waals surface area contributed by atoms with Gasteiger partial charge in [-0.3, -0.25) is 14.4 Å². The number of hydrogen-bond donors (Lipinski definition) is 1. The first-order valence-corrected chi connectivity index (χ1v) is 5.57. The van der Waals surface area contributed by atoms with Crippen molar-refractivity contribution < 1.29 is 23.9 Å². The molecule has 2 aromatic rings. The van der Waals surface area contributed by atoms with Crippen LogP contribution in [0.25, 0.3) is 10.9 Å². The Bertz CT molecular complexity index is 664. The van der Waals surface area contributed by atoms with Crippen molar-refractivity contribution in [1.82, 2.24) is 9.78 Å². The minimum atomic E-state index is -0.684. The molecule has 1 aromatic carbocycles. The maximum Gasteiger partial charge on any atom is 0.294 e. The molecule has 0 saturated heterocycles. The van der Waals surface area contributed by atoms with Crippen molar-refractivity contribution in [2.24, 2.45) is 5.73 Å². The lowest BCUT2D eigenvalue weighted by Crippen LogP contribution is -2.13. The summed E-state index contributed by atoms with van der Waals surface area (Å²) >= 11 is 0. The van der Waals surface area contributed by atoms with Crippen LogP contribution in [0, 0.1) is 0 Å². The summed E-state index contributed by atoms with van der Waals surface area (Å²) in [4.78, 5) is 31.8. The second-order valence-corrected chi connectivity index (χ2v) is 3.86. The van der Waals surface area contributed by atoms with Gasteiger partial charge >= 0.3 is 0 Å². The van der Waals surface area contributed by atoms with Crippen LogP contribution in [0.5, 0.6) is 0 Å². The number of hydrogen-bond acceptors (Lipinski definition) is 6. The summed E-state index contributed by atoms with van der Waals surface area (Å²) in [6.45, 7) is 0.555. The zero-order valence-electron chi connectivity index (χ0n) is 10.3. The molecule has 0 atom stereocenters. The van der Waals surface area contributed by atoms with Gasteiger partial charge in [0.05, 0.1) is 5.52 Å². The summed E-state index contributed by atoms with van der Waals surface area (Å²) in [6.07, 6.45) is 0. The molecule has 8 heteroatoms. The van der Waals surface area contributed by atoms with Crippen LogP contribution in [0.4, 0.5) is 0 Å². The number of carbonyl (C=O) groups excluding carboxylic acids is 3. The van der Waals surface area contributed by atoms with E-state index in [0.29, 0.717) is 22.9 Å². The van der Waals surface area contributed by atoms with Gasteiger partial charge < -0.3 is 15.2 Å². The monoisotopic (exact) mass is 277 g/mol. The van der Waals surface area contributed by atoms with Crippen LogP contribution in [0.15, 0.2) is 18.2 Å². The number of rotatable bonds is 7. The summed E-state index contributed by atoms with van der Waals surface area (Å²) in [7, 11) is 0. The zero-order chi connectivity index (χ0) is 14.5. The lowest BCUT2D eigenvalue weighted by Gasteiger charge is -2.03. The van der Waals surface area contributed by atoms with E-state index >= 15 is 0 Å². The molecular formula is C12H11N3O5. The first-order chi connectivity index (χ1) is 9.67. The molecule has 0 spiro atoms. The molecule has 8 nitrogen and oxygen atoms in total. The molecule has 104 valence electrons. The molecule has 2 N–H and O–H groups in total. The minimum Gasteiger partial charge on any atom is -0.463 e. The van der Waals surface area contributed by atoms with Crippen molar-refractivity contribution >= 4 is 29.8 Å². The SMILES string of the molecule is NC(=O)c1nn(COC=O)c2cc(COC=O)ccc12. The highest BCUT2D eigenvalue weighted by atomic mass is 16.5. The van der Waals surface area contributed by atoms with Gasteiger partial charge in [-0.1, -0.05) is 6.07 Å². The Kier molecular flexibility index (Phi) is 3.94. The summed E-state index contributed by atoms with van der Waals surface area (Å²) in [5.41, 5.74) is 6.58. The van der Waals surface area contributed by atoms with E-state index in [9.17, 15) is 14.4 Å². The Balaban J connectivity index is 2.49. The number of carbonyl (C=O) groups is 3. The van der Waals surface area contributed by atoms with Crippen LogP contribution in [0.1, 0.15) is 16.1 Å². The Hall–Kier alpha value is -2.90. The summed E-state index contributed by atoms with van der Waals surface area (Å²) in [5.74, 6) is -0.684. The number of nitrogens with two attached hydrogens (primary N) is 1. The predicted molar refractivity (Wildman–Crippen MR) is 66.3 cm³/mol. The van der Waals surface area contributed by atoms with Crippen molar-refractivity contribution in [3.63, 3.8) is 0 Å². The van der Waals surface area contributed by atoms with Crippen LogP contribution in [-0.4, -0.2) is 28.6 Å². The van der Waals surface area contributed by atoms with Crippen LogP contribution in [0.3, 0.4) is 0 Å². The van der Waals surface area contributed by atoms with Crippen LogP contribution in [-0.2, 0) is 32.4 Å². The second-order valence-electron chi connectivity index (χ2n) is 3.86. The molecule has 0 saturated carbocycles. The molecule has 20 heavy (non-hydrogen) atoms. The van der Waals surface area contributed by atoms with Crippen LogP contribution >= 0.6 is 0 Å². The third-order valence-corrected chi connectivity index (χ3v) is 2.63. The molecule has 0 aliphatic rings. The normalized spacial score (nSPS) is 10.2. The van der Waals surface area contributed by atoms with Gasteiger partial charge in [0, 0.05) is 5.39 Å². The summed E-state index contributed by atoms with van der Waals surface area (Å²) in [5, 5.41) is 4.53. The Labute approximate surface area is 113 Å². The Morgan fingerprint density at radius 2 is 2.05 bits per heavy atom. The molecule has 1 amide bonds. The average molecular weight is 277 g/mol. The van der Waals surface area contributed by atoms with Gasteiger partial charge in [0.25, 0.3) is 18.9 Å². The van der Waals surface area contributed by atoms with E-state index in [-0.39, 0.29) is 25.5 Å². The molecule has 0 unspecified atom stereocenters. The fraction of sp³-hybridized carbons (Fsp3) is 0.167. The quantitative estimate of drug-likeness (QED) is 0.709. The standard InChI is InChI=1S/C12H11N3O5/c13-12(18)11-9-2-1-8(4-19-6-16)3-10(9)15(14-11)5-20-7-17/h1-3,6-7H,4-5H2,(H2,13,18). The minimum absolute atomic E-state index is 0.0809. The number of aromatic nitrogens is 2. The maximum atomic E-state index is 11.3. The molecule has 1 heterocycles. The molecule has 0 bridgehead atoms. The molecule has 2 rings (SSSR count). The van der Waals surface area contributed by atoms with Gasteiger partial charge in [0.2, 0.25) is 0 Å². The van der Waals surface area contributed by atoms with Gasteiger partial charge in [-0.25, -0.2) is 4.68 Å². The van der Waals surface area contributed by atoms with Crippen molar-refractivity contribution in [2.75, 3.05) is 0 Å². The van der Waals surface area contributed by atoms with Crippen LogP contribution in [0.2, 0.25) is 0 Å². The van der Waals surface area contributed by atoms with E-state index in [4.69, 9.17) is 5.73 Å². The molecule has 0 aliphatic carbocycles. The van der Waals surface area contributed by atoms with Crippen molar-refractivity contribution in [3.8, 4) is 0 Å². The third-order valence-electron chi connectivity index (χ3n) is 2.63. The third kappa shape index (κ3) is 2.58. The van der Waals surface area contributed by atoms with Crippen LogP contribution < -0.4 is 5.73 Å². The molecule has 1 aromatic heterocycles. The first kappa shape index (κ1) is 13.5. The van der Waals surface area contributed by atoms with E-state index in [1.54, 1.807) is 18.2 Å². The smallest absolute Gasteiger partial charge is 0.294 e. The van der Waals surface area contributed by atoms with E-state index < -0.39 is 5.91 Å². The summed E-state index contributed by atoms with van der Waals surface area (Å²) in [6, 6.07) is 5.00. The molecule has 0 fully saturated rings. The fourth-order valence-electron chi connectivity index (χ4n) is 1.82. The van der Waals surface area contributed by atoms with E-state index in [1.807, 2.05) is 0 Å². The van der Waals surface area contributed by atoms with E-state index in [0.717, 1.165) is 0 Å². The van der Waals surface area contributed by atoms with Crippen molar-refractivity contribution in [1.29, 1.82) is 0 Å². The van der Waals surface area contributed by atoms with Gasteiger partial charge in [0.1, 0.15) is 6.61 Å². The van der Waals surface area contributed by atoms with Gasteiger partial charge in [0.15, 0.2) is 12.4 Å². The van der Waals surface area contributed by atoms with Crippen molar-refractivity contribution in [2.45, 2.75) is 13.3 Å². The lowest BCUT2D eigenvalue weighted by atomic mass is 10.1. The Morgan fingerprint density at radius 1 is 1.30 bits per heavy atom. The van der Waals surface area contributed by atoms with E-state index in [2.05, 4.69) is 14.6 Å². The average Bonchev–Trinajstić information content (AvgIpc) is 2.81. The molecular weight excluding hydrogens is 266 g/mol. The number of benzene rings is 1. The predicted octanol–water partition coefficient (Wildman–Crippen LogP) is -0.0613. The topological polar surface area (TPSA) is 114 Å². The second kappa shape index (κ2) is 5.83. The number of primary amides is 1. The van der Waals surface area contributed by atoms with Gasteiger partial charge in [-0.05, 0) is 17.7 Å². The zero-order valence-corrected chi connectivity index (χ0v) is 10.3. The molecule has 0 aliphatic heterocycles. The van der Waals surface area contributed by atoms with E-state index in [1.165, 1.54) is 4.68 Å².